The molecule has 0 amide bonds. The van der Waals surface area contributed by atoms with Gasteiger partial charge in [-0.15, -0.1) is 0 Å². The van der Waals surface area contributed by atoms with Crippen molar-refractivity contribution in [3.63, 3.8) is 0 Å². The third-order valence-electron chi connectivity index (χ3n) is 1.75. The van der Waals surface area contributed by atoms with Gasteiger partial charge in [-0.3, -0.25) is 0 Å². The normalized spacial score (nSPS) is 13.8. The monoisotopic (exact) mass is 173 g/mol. The molecule has 3 heteroatoms. The van der Waals surface area contributed by atoms with E-state index in [1.54, 1.807) is 0 Å². The number of nitrogens with one attached hydrogen (secondary N) is 2. The molecule has 0 saturated heterocycles. The first-order valence-electron chi connectivity index (χ1n) is 4.75. The fourth-order valence-electron chi connectivity index (χ4n) is 0.968. The molecule has 12 heavy (non-hydrogen) atoms. The van der Waals surface area contributed by atoms with Crippen LogP contribution in [0.1, 0.15) is 13.8 Å². The third kappa shape index (κ3) is 7.98. The van der Waals surface area contributed by atoms with Gasteiger partial charge in [0.1, 0.15) is 0 Å². The van der Waals surface area contributed by atoms with Gasteiger partial charge in [-0.1, -0.05) is 6.92 Å². The Hall–Kier alpha value is -0.120. The fraction of sp³-hybridized carbons (Fsp3) is 1.00. The second kappa shape index (κ2) is 7.53. The molecule has 0 aliphatic heterocycles. The van der Waals surface area contributed by atoms with E-state index in [9.17, 15) is 0 Å². The van der Waals surface area contributed by atoms with Gasteiger partial charge in [0.15, 0.2) is 0 Å². The van der Waals surface area contributed by atoms with Crippen LogP contribution in [0, 0.1) is 0 Å². The Bertz CT molecular complexity index is 93.8. The van der Waals surface area contributed by atoms with Crippen molar-refractivity contribution in [1.82, 2.24) is 15.5 Å². The average Bonchev–Trinajstić information content (AvgIpc) is 2.00. The summed E-state index contributed by atoms with van der Waals surface area (Å²) in [6.07, 6.45) is 0. The highest BCUT2D eigenvalue weighted by Crippen LogP contribution is 1.78. The Morgan fingerprint density at radius 3 is 2.50 bits per heavy atom. The molecule has 1 unspecified atom stereocenters. The first kappa shape index (κ1) is 11.9. The minimum absolute atomic E-state index is 0.574. The number of hydrogen-bond donors (Lipinski definition) is 2. The highest BCUT2D eigenvalue weighted by atomic mass is 15.1. The summed E-state index contributed by atoms with van der Waals surface area (Å²) in [4.78, 5) is 2.19. The second-order valence-electron chi connectivity index (χ2n) is 3.47. The summed E-state index contributed by atoms with van der Waals surface area (Å²) in [6.45, 7) is 8.63. The SMILES string of the molecule is CCNCC(C)NCCN(C)C. The van der Waals surface area contributed by atoms with Crippen LogP contribution in [0.3, 0.4) is 0 Å². The molecule has 74 valence electrons. The second-order valence-corrected chi connectivity index (χ2v) is 3.47. The molecular formula is C9H23N3. The van der Waals surface area contributed by atoms with Crippen LogP contribution in [0.2, 0.25) is 0 Å². The first-order chi connectivity index (χ1) is 5.66. The van der Waals surface area contributed by atoms with E-state index in [1.165, 1.54) is 0 Å². The van der Waals surface area contributed by atoms with E-state index in [2.05, 4.69) is 43.5 Å². The predicted octanol–water partition coefficient (Wildman–Crippen LogP) is 0.136. The van der Waals surface area contributed by atoms with Crippen LogP contribution in [0.5, 0.6) is 0 Å². The molecule has 0 aliphatic carbocycles. The molecule has 0 aromatic carbocycles. The van der Waals surface area contributed by atoms with E-state index in [0.29, 0.717) is 6.04 Å². The van der Waals surface area contributed by atoms with Crippen molar-refractivity contribution < 1.29 is 0 Å². The van der Waals surface area contributed by atoms with Gasteiger partial charge in [-0.25, -0.2) is 0 Å². The van der Waals surface area contributed by atoms with Crippen LogP contribution in [0.25, 0.3) is 0 Å². The van der Waals surface area contributed by atoms with Crippen molar-refractivity contribution in [2.75, 3.05) is 40.3 Å². The summed E-state index contributed by atoms with van der Waals surface area (Å²) in [6, 6.07) is 0.574. The summed E-state index contributed by atoms with van der Waals surface area (Å²) in [5.74, 6) is 0. The fourth-order valence-corrected chi connectivity index (χ4v) is 0.968. The molecule has 0 spiro atoms. The number of rotatable bonds is 7. The van der Waals surface area contributed by atoms with Crippen LogP contribution in [-0.2, 0) is 0 Å². The van der Waals surface area contributed by atoms with E-state index in [1.807, 2.05) is 0 Å². The zero-order valence-corrected chi connectivity index (χ0v) is 8.85. The number of likely N-dealkylation sites (N-methyl/N-ethyl adjacent to an activating group) is 2. The van der Waals surface area contributed by atoms with Crippen LogP contribution in [-0.4, -0.2) is 51.2 Å². The standard InChI is InChI=1S/C9H23N3/c1-5-10-8-9(2)11-6-7-12(3)4/h9-11H,5-8H2,1-4H3. The largest absolute Gasteiger partial charge is 0.315 e. The highest BCUT2D eigenvalue weighted by Gasteiger charge is 1.98. The minimum atomic E-state index is 0.574. The first-order valence-corrected chi connectivity index (χ1v) is 4.75. The predicted molar refractivity (Wildman–Crippen MR) is 54.6 cm³/mol. The molecule has 0 aliphatic rings. The molecule has 0 saturated carbocycles. The van der Waals surface area contributed by atoms with Gasteiger partial charge < -0.3 is 15.5 Å². The highest BCUT2D eigenvalue weighted by molar-refractivity contribution is 4.63. The van der Waals surface area contributed by atoms with Crippen LogP contribution in [0.4, 0.5) is 0 Å². The van der Waals surface area contributed by atoms with E-state index in [4.69, 9.17) is 0 Å². The Labute approximate surface area is 76.5 Å². The van der Waals surface area contributed by atoms with Crippen molar-refractivity contribution >= 4 is 0 Å². The summed E-state index contributed by atoms with van der Waals surface area (Å²) in [7, 11) is 4.19. The van der Waals surface area contributed by atoms with E-state index >= 15 is 0 Å². The molecule has 0 rings (SSSR count). The molecule has 0 radical (unpaired) electrons. The summed E-state index contributed by atoms with van der Waals surface area (Å²) in [5, 5.41) is 6.75. The lowest BCUT2D eigenvalue weighted by Gasteiger charge is -2.16. The van der Waals surface area contributed by atoms with Crippen molar-refractivity contribution in [1.29, 1.82) is 0 Å². The van der Waals surface area contributed by atoms with Crippen LogP contribution >= 0.6 is 0 Å². The van der Waals surface area contributed by atoms with Gasteiger partial charge in [-0.2, -0.15) is 0 Å². The molecular weight excluding hydrogens is 150 g/mol. The molecule has 1 atom stereocenters. The van der Waals surface area contributed by atoms with Crippen LogP contribution < -0.4 is 10.6 Å². The van der Waals surface area contributed by atoms with Crippen LogP contribution in [0.15, 0.2) is 0 Å². The molecule has 0 bridgehead atoms. The lowest BCUT2D eigenvalue weighted by molar-refractivity contribution is 0.384. The van der Waals surface area contributed by atoms with E-state index < -0.39 is 0 Å². The Kier molecular flexibility index (Phi) is 7.45. The lowest BCUT2D eigenvalue weighted by atomic mass is 10.3. The average molecular weight is 173 g/mol. The van der Waals surface area contributed by atoms with Gasteiger partial charge in [0.05, 0.1) is 0 Å². The van der Waals surface area contributed by atoms with Gasteiger partial charge in [0.25, 0.3) is 0 Å². The van der Waals surface area contributed by atoms with Crippen molar-refractivity contribution in [2.45, 2.75) is 19.9 Å². The Morgan fingerprint density at radius 1 is 1.33 bits per heavy atom. The zero-order chi connectivity index (χ0) is 9.40. The van der Waals surface area contributed by atoms with Gasteiger partial charge in [0, 0.05) is 25.7 Å². The van der Waals surface area contributed by atoms with E-state index in [-0.39, 0.29) is 0 Å². The molecule has 0 heterocycles. The Balaban J connectivity index is 3.13. The maximum Gasteiger partial charge on any atom is 0.0164 e. The lowest BCUT2D eigenvalue weighted by Crippen LogP contribution is -2.39. The smallest absolute Gasteiger partial charge is 0.0164 e. The molecule has 0 aromatic rings. The summed E-state index contributed by atoms with van der Waals surface area (Å²) in [5.41, 5.74) is 0. The van der Waals surface area contributed by atoms with Crippen molar-refractivity contribution in [2.24, 2.45) is 0 Å². The quantitative estimate of drug-likeness (QED) is 0.573. The minimum Gasteiger partial charge on any atom is -0.315 e. The molecule has 2 N–H and O–H groups in total. The molecule has 0 fully saturated rings. The third-order valence-corrected chi connectivity index (χ3v) is 1.75. The maximum atomic E-state index is 3.44. The maximum absolute atomic E-state index is 3.44. The van der Waals surface area contributed by atoms with E-state index in [0.717, 1.165) is 26.2 Å². The molecule has 3 nitrogen and oxygen atoms in total. The van der Waals surface area contributed by atoms with Crippen molar-refractivity contribution in [3.05, 3.63) is 0 Å². The molecule has 0 aromatic heterocycles. The van der Waals surface area contributed by atoms with Gasteiger partial charge in [-0.05, 0) is 27.6 Å². The Morgan fingerprint density at radius 2 is 2.00 bits per heavy atom. The van der Waals surface area contributed by atoms with Gasteiger partial charge >= 0.3 is 0 Å². The summed E-state index contributed by atoms with van der Waals surface area (Å²) >= 11 is 0. The zero-order valence-electron chi connectivity index (χ0n) is 8.85. The van der Waals surface area contributed by atoms with Gasteiger partial charge in [0.2, 0.25) is 0 Å². The van der Waals surface area contributed by atoms with Crippen molar-refractivity contribution in [3.8, 4) is 0 Å². The number of nitrogens with zero attached hydrogens (tertiary/aromatic N) is 1. The topological polar surface area (TPSA) is 27.3 Å². The number of hydrogen-bond acceptors (Lipinski definition) is 3. The summed E-state index contributed by atoms with van der Waals surface area (Å²) < 4.78 is 0.